The van der Waals surface area contributed by atoms with Gasteiger partial charge in [-0.15, -0.1) is 22.7 Å². The molecule has 0 unspecified atom stereocenters. The minimum absolute atomic E-state index is 0.274. The number of aromatic nitrogens is 2. The molecule has 5 rings (SSSR count). The maximum atomic E-state index is 14.6. The first-order chi connectivity index (χ1) is 14.1. The molecule has 1 atom stereocenters. The second kappa shape index (κ2) is 7.48. The predicted octanol–water partition coefficient (Wildman–Crippen LogP) is 6.29. The van der Waals surface area contributed by atoms with Crippen molar-refractivity contribution < 1.29 is 4.39 Å². The van der Waals surface area contributed by atoms with Crippen molar-refractivity contribution in [1.82, 2.24) is 14.9 Å². The van der Waals surface area contributed by atoms with E-state index < -0.39 is 0 Å². The molecule has 1 N–H and O–H groups in total. The van der Waals surface area contributed by atoms with Crippen LogP contribution in [0.3, 0.4) is 0 Å². The summed E-state index contributed by atoms with van der Waals surface area (Å²) in [6.07, 6.45) is 5.20. The Kier molecular flexibility index (Phi) is 4.81. The van der Waals surface area contributed by atoms with E-state index in [2.05, 4.69) is 46.2 Å². The lowest BCUT2D eigenvalue weighted by Gasteiger charge is -2.32. The highest BCUT2D eigenvalue weighted by Gasteiger charge is 2.23. The highest BCUT2D eigenvalue weighted by atomic mass is 32.1. The second-order valence-corrected chi connectivity index (χ2v) is 9.13. The standard InChI is InChI=1S/C22H21FN4S2/c1-3-27-8-4-5-14(13(27)2)20-9-15-17(6-7-24-22(15)29-20)26-18-11-19-21(10-16(18)23)28-12-25-19/h5-7,9-13H,3-4,8H2,1-2H3,(H,24,26)/t13-/m0/s1. The van der Waals surface area contributed by atoms with E-state index in [4.69, 9.17) is 0 Å². The Morgan fingerprint density at radius 2 is 2.14 bits per heavy atom. The second-order valence-electron chi connectivity index (χ2n) is 7.22. The van der Waals surface area contributed by atoms with Crippen molar-refractivity contribution in [3.63, 3.8) is 0 Å². The van der Waals surface area contributed by atoms with E-state index in [1.54, 1.807) is 35.2 Å². The van der Waals surface area contributed by atoms with Crippen LogP contribution >= 0.6 is 22.7 Å². The van der Waals surface area contributed by atoms with Crippen LogP contribution in [-0.2, 0) is 0 Å². The van der Waals surface area contributed by atoms with Crippen molar-refractivity contribution in [3.05, 3.63) is 52.7 Å². The largest absolute Gasteiger partial charge is 0.352 e. The summed E-state index contributed by atoms with van der Waals surface area (Å²) in [4.78, 5) is 13.6. The molecule has 3 aromatic heterocycles. The average molecular weight is 425 g/mol. The first kappa shape index (κ1) is 18.7. The quantitative estimate of drug-likeness (QED) is 0.418. The summed E-state index contributed by atoms with van der Waals surface area (Å²) >= 11 is 3.15. The molecular weight excluding hydrogens is 403 g/mol. The fourth-order valence-electron chi connectivity index (χ4n) is 4.00. The summed E-state index contributed by atoms with van der Waals surface area (Å²) in [7, 11) is 0. The van der Waals surface area contributed by atoms with E-state index in [1.165, 1.54) is 21.8 Å². The first-order valence-electron chi connectivity index (χ1n) is 9.77. The number of halogens is 1. The highest BCUT2D eigenvalue weighted by Crippen LogP contribution is 2.38. The number of likely N-dealkylation sites (N-methyl/N-ethyl adjacent to an activating group) is 1. The number of nitrogens with one attached hydrogen (secondary N) is 1. The third-order valence-corrected chi connectivity index (χ3v) is 7.48. The van der Waals surface area contributed by atoms with Gasteiger partial charge in [0.15, 0.2) is 0 Å². The summed E-state index contributed by atoms with van der Waals surface area (Å²) in [5.74, 6) is -0.274. The van der Waals surface area contributed by atoms with Crippen LogP contribution in [0.1, 0.15) is 25.1 Å². The summed E-state index contributed by atoms with van der Waals surface area (Å²) in [5, 5.41) is 4.29. The number of hydrogen-bond acceptors (Lipinski definition) is 6. The number of nitrogens with zero attached hydrogens (tertiary/aromatic N) is 3. The van der Waals surface area contributed by atoms with Crippen LogP contribution in [0.2, 0.25) is 0 Å². The van der Waals surface area contributed by atoms with Crippen LogP contribution in [0.4, 0.5) is 15.8 Å². The van der Waals surface area contributed by atoms with Crippen LogP contribution < -0.4 is 5.32 Å². The van der Waals surface area contributed by atoms with E-state index >= 15 is 0 Å². The molecule has 0 saturated heterocycles. The number of thiophene rings is 1. The van der Waals surface area contributed by atoms with Gasteiger partial charge in [0.2, 0.25) is 0 Å². The zero-order chi connectivity index (χ0) is 20.0. The SMILES string of the molecule is CCN1CCC=C(c2cc3c(Nc4cc5ncsc5cc4F)ccnc3s2)[C@@H]1C. The smallest absolute Gasteiger partial charge is 0.148 e. The van der Waals surface area contributed by atoms with E-state index in [1.807, 2.05) is 6.07 Å². The Labute approximate surface area is 176 Å². The van der Waals surface area contributed by atoms with Crippen molar-refractivity contribution in [3.8, 4) is 0 Å². The third-order valence-electron chi connectivity index (χ3n) is 5.59. The summed E-state index contributed by atoms with van der Waals surface area (Å²) in [5.41, 5.74) is 5.20. The molecule has 0 saturated carbocycles. The van der Waals surface area contributed by atoms with Crippen LogP contribution in [0.15, 0.2) is 42.0 Å². The van der Waals surface area contributed by atoms with Crippen molar-refractivity contribution in [1.29, 1.82) is 0 Å². The van der Waals surface area contributed by atoms with Crippen molar-refractivity contribution in [2.24, 2.45) is 0 Å². The Balaban J connectivity index is 1.54. The van der Waals surface area contributed by atoms with Gasteiger partial charge in [0, 0.05) is 29.0 Å². The number of benzene rings is 1. The fourth-order valence-corrected chi connectivity index (χ4v) is 5.83. The Morgan fingerprint density at radius 1 is 1.24 bits per heavy atom. The molecule has 1 aliphatic heterocycles. The fraction of sp³-hybridized carbons (Fsp3) is 0.273. The minimum atomic E-state index is -0.274. The zero-order valence-electron chi connectivity index (χ0n) is 16.3. The predicted molar refractivity (Wildman–Crippen MR) is 122 cm³/mol. The van der Waals surface area contributed by atoms with Gasteiger partial charge in [-0.05, 0) is 49.7 Å². The maximum Gasteiger partial charge on any atom is 0.148 e. The van der Waals surface area contributed by atoms with Crippen molar-refractivity contribution in [2.45, 2.75) is 26.3 Å². The molecule has 4 heterocycles. The number of anilines is 2. The molecule has 0 radical (unpaired) electrons. The van der Waals surface area contributed by atoms with Gasteiger partial charge in [0.05, 0.1) is 27.1 Å². The molecule has 0 fully saturated rings. The summed E-state index contributed by atoms with van der Waals surface area (Å²) < 4.78 is 15.5. The molecule has 0 bridgehead atoms. The number of fused-ring (bicyclic) bond motifs is 2. The minimum Gasteiger partial charge on any atom is -0.352 e. The summed E-state index contributed by atoms with van der Waals surface area (Å²) in [6, 6.07) is 7.80. The molecule has 0 aliphatic carbocycles. The highest BCUT2D eigenvalue weighted by molar-refractivity contribution is 7.19. The number of pyridine rings is 1. The average Bonchev–Trinajstić information content (AvgIpc) is 3.35. The summed E-state index contributed by atoms with van der Waals surface area (Å²) in [6.45, 7) is 6.63. The maximum absolute atomic E-state index is 14.6. The zero-order valence-corrected chi connectivity index (χ0v) is 17.9. The van der Waals surface area contributed by atoms with Gasteiger partial charge in [-0.3, -0.25) is 4.90 Å². The molecule has 1 aromatic carbocycles. The van der Waals surface area contributed by atoms with Gasteiger partial charge in [0.25, 0.3) is 0 Å². The van der Waals surface area contributed by atoms with Crippen molar-refractivity contribution >= 4 is 60.1 Å². The van der Waals surface area contributed by atoms with Gasteiger partial charge in [-0.2, -0.15) is 0 Å². The van der Waals surface area contributed by atoms with Gasteiger partial charge >= 0.3 is 0 Å². The Bertz CT molecular complexity index is 1230. The van der Waals surface area contributed by atoms with Crippen LogP contribution in [-0.4, -0.2) is 34.0 Å². The van der Waals surface area contributed by atoms with E-state index in [0.29, 0.717) is 11.7 Å². The molecule has 1 aliphatic rings. The molecular formula is C22H21FN4S2. The molecule has 7 heteroatoms. The van der Waals surface area contributed by atoms with Gasteiger partial charge in [-0.25, -0.2) is 14.4 Å². The van der Waals surface area contributed by atoms with Crippen LogP contribution in [0, 0.1) is 5.82 Å². The molecule has 4 nitrogen and oxygen atoms in total. The Morgan fingerprint density at radius 3 is 3.00 bits per heavy atom. The first-order valence-corrected chi connectivity index (χ1v) is 11.5. The van der Waals surface area contributed by atoms with E-state index in [0.717, 1.165) is 45.6 Å². The number of thiazole rings is 1. The van der Waals surface area contributed by atoms with E-state index in [-0.39, 0.29) is 5.82 Å². The number of rotatable bonds is 4. The third kappa shape index (κ3) is 3.33. The lowest BCUT2D eigenvalue weighted by atomic mass is 9.99. The lowest BCUT2D eigenvalue weighted by molar-refractivity contribution is 0.257. The topological polar surface area (TPSA) is 41.0 Å². The van der Waals surface area contributed by atoms with Gasteiger partial charge < -0.3 is 5.32 Å². The molecule has 148 valence electrons. The van der Waals surface area contributed by atoms with Crippen molar-refractivity contribution in [2.75, 3.05) is 18.4 Å². The molecule has 4 aromatic rings. The van der Waals surface area contributed by atoms with E-state index in [9.17, 15) is 4.39 Å². The molecule has 0 amide bonds. The Hall–Kier alpha value is -2.35. The monoisotopic (exact) mass is 424 g/mol. The van der Waals surface area contributed by atoms with Gasteiger partial charge in [0.1, 0.15) is 10.6 Å². The normalized spacial score (nSPS) is 17.8. The number of hydrogen-bond donors (Lipinski definition) is 1. The van der Waals surface area contributed by atoms with Crippen LogP contribution in [0.25, 0.3) is 26.0 Å². The molecule has 29 heavy (non-hydrogen) atoms. The lowest BCUT2D eigenvalue weighted by Crippen LogP contribution is -2.36. The van der Waals surface area contributed by atoms with Crippen LogP contribution in [0.5, 0.6) is 0 Å². The molecule has 0 spiro atoms. The van der Waals surface area contributed by atoms with Gasteiger partial charge in [-0.1, -0.05) is 13.0 Å².